The van der Waals surface area contributed by atoms with E-state index in [0.29, 0.717) is 53.2 Å². The molecule has 1 saturated heterocycles. The van der Waals surface area contributed by atoms with E-state index in [1.54, 1.807) is 35.4 Å². The average molecular weight is 545 g/mol. The number of nitrogens with one attached hydrogen (secondary N) is 1. The molecule has 0 bridgehead atoms. The molecule has 190 valence electrons. The van der Waals surface area contributed by atoms with Crippen LogP contribution in [-0.4, -0.2) is 39.1 Å². The summed E-state index contributed by atoms with van der Waals surface area (Å²) in [6.07, 6.45) is -0.319. The topological polar surface area (TPSA) is 66.8 Å². The number of rotatable bonds is 5. The molecule has 1 aliphatic heterocycles. The summed E-state index contributed by atoms with van der Waals surface area (Å²) in [6.45, 7) is 1.03. The summed E-state index contributed by atoms with van der Waals surface area (Å²) in [5.41, 5.74) is 2.20. The number of anilines is 2. The Morgan fingerprint density at radius 2 is 1.38 bits per heavy atom. The van der Waals surface area contributed by atoms with Crippen LogP contribution in [0.3, 0.4) is 0 Å². The van der Waals surface area contributed by atoms with Gasteiger partial charge < -0.3 is 10.2 Å². The van der Waals surface area contributed by atoms with Crippen LogP contribution in [0.5, 0.6) is 0 Å². The van der Waals surface area contributed by atoms with E-state index in [-0.39, 0.29) is 12.0 Å². The number of hydrogen-bond donors (Lipinski definition) is 1. The van der Waals surface area contributed by atoms with Gasteiger partial charge in [-0.2, -0.15) is 13.2 Å². The Labute approximate surface area is 221 Å². The van der Waals surface area contributed by atoms with E-state index in [9.17, 15) is 13.2 Å². The maximum atomic E-state index is 13.0. The second kappa shape index (κ2) is 10.5. The van der Waals surface area contributed by atoms with Crippen LogP contribution < -0.4 is 10.2 Å². The lowest BCUT2D eigenvalue weighted by Gasteiger charge is -2.32. The van der Waals surface area contributed by atoms with Crippen LogP contribution in [0, 0.1) is 0 Å². The second-order valence-corrected chi connectivity index (χ2v) is 9.48. The molecular formula is C26H21Cl2F3N6. The van der Waals surface area contributed by atoms with Crippen LogP contribution in [0.4, 0.5) is 24.9 Å². The van der Waals surface area contributed by atoms with Crippen molar-refractivity contribution >= 4 is 35.0 Å². The van der Waals surface area contributed by atoms with E-state index >= 15 is 0 Å². The first-order valence-corrected chi connectivity index (χ1v) is 12.3. The quantitative estimate of drug-likeness (QED) is 0.291. The maximum Gasteiger partial charge on any atom is 0.433 e. The fraction of sp³-hybridized carbons (Fsp3) is 0.231. The molecular weight excluding hydrogens is 524 g/mol. The van der Waals surface area contributed by atoms with E-state index < -0.39 is 11.9 Å². The Kier molecular flexibility index (Phi) is 7.17. The zero-order valence-electron chi connectivity index (χ0n) is 19.4. The number of halogens is 5. The van der Waals surface area contributed by atoms with Crippen molar-refractivity contribution in [2.24, 2.45) is 0 Å². The molecule has 37 heavy (non-hydrogen) atoms. The smallest absolute Gasteiger partial charge is 0.366 e. The Morgan fingerprint density at radius 1 is 0.784 bits per heavy atom. The zero-order valence-corrected chi connectivity index (χ0v) is 20.9. The van der Waals surface area contributed by atoms with Crippen molar-refractivity contribution in [3.8, 4) is 22.5 Å². The Balaban J connectivity index is 1.34. The van der Waals surface area contributed by atoms with Gasteiger partial charge in [-0.15, -0.1) is 0 Å². The van der Waals surface area contributed by atoms with Gasteiger partial charge >= 0.3 is 6.18 Å². The van der Waals surface area contributed by atoms with Crippen molar-refractivity contribution in [2.75, 3.05) is 23.3 Å². The van der Waals surface area contributed by atoms with Gasteiger partial charge in [-0.3, -0.25) is 4.98 Å². The third-order valence-corrected chi connectivity index (χ3v) is 6.57. The van der Waals surface area contributed by atoms with Gasteiger partial charge in [0.1, 0.15) is 11.5 Å². The third kappa shape index (κ3) is 5.94. The fourth-order valence-electron chi connectivity index (χ4n) is 4.18. The van der Waals surface area contributed by atoms with E-state index in [0.717, 1.165) is 23.4 Å². The lowest BCUT2D eigenvalue weighted by molar-refractivity contribution is -0.141. The number of piperidine rings is 1. The number of benzene rings is 2. The van der Waals surface area contributed by atoms with E-state index in [4.69, 9.17) is 33.2 Å². The summed E-state index contributed by atoms with van der Waals surface area (Å²) in [6, 6.07) is 15.7. The van der Waals surface area contributed by atoms with E-state index in [1.807, 2.05) is 24.3 Å². The number of hydrogen-bond acceptors (Lipinski definition) is 6. The molecule has 0 saturated carbocycles. The molecule has 5 rings (SSSR count). The molecule has 1 aliphatic rings. The standard InChI is InChI=1S/C26H21Cl2F3N6/c27-18-5-1-16(2-6-18)23-24(17-3-7-19(28)8-4-17)36-22(15-33-23)34-20-10-13-37(14-11-20)25-32-12-9-21(35-25)26(29,30)31/h1-9,12,15,20H,10-11,13-14H2,(H,34,36). The summed E-state index contributed by atoms with van der Waals surface area (Å²) in [5.74, 6) is 0.696. The lowest BCUT2D eigenvalue weighted by Crippen LogP contribution is -2.40. The van der Waals surface area contributed by atoms with Crippen LogP contribution in [0.25, 0.3) is 22.5 Å². The molecule has 11 heteroatoms. The predicted molar refractivity (Wildman–Crippen MR) is 139 cm³/mol. The van der Waals surface area contributed by atoms with E-state index in [1.165, 1.54) is 0 Å². The second-order valence-electron chi connectivity index (χ2n) is 8.61. The molecule has 3 heterocycles. The Morgan fingerprint density at radius 3 is 1.97 bits per heavy atom. The normalized spacial score (nSPS) is 14.6. The number of aromatic nitrogens is 4. The maximum absolute atomic E-state index is 13.0. The highest BCUT2D eigenvalue weighted by atomic mass is 35.5. The molecule has 0 aliphatic carbocycles. The molecule has 0 atom stereocenters. The molecule has 1 fully saturated rings. The zero-order chi connectivity index (χ0) is 26.0. The molecule has 0 unspecified atom stereocenters. The van der Waals surface area contributed by atoms with Crippen LogP contribution >= 0.6 is 23.2 Å². The summed E-state index contributed by atoms with van der Waals surface area (Å²) >= 11 is 12.2. The predicted octanol–water partition coefficient (Wildman–Crippen LogP) is 7.01. The largest absolute Gasteiger partial charge is 0.433 e. The van der Waals surface area contributed by atoms with Crippen molar-refractivity contribution in [1.82, 2.24) is 19.9 Å². The molecule has 6 nitrogen and oxygen atoms in total. The van der Waals surface area contributed by atoms with Gasteiger partial charge in [0, 0.05) is 46.5 Å². The monoisotopic (exact) mass is 544 g/mol. The van der Waals surface area contributed by atoms with Gasteiger partial charge in [0.05, 0.1) is 17.6 Å². The van der Waals surface area contributed by atoms with Crippen molar-refractivity contribution < 1.29 is 13.2 Å². The molecule has 4 aromatic rings. The van der Waals surface area contributed by atoms with Crippen LogP contribution in [-0.2, 0) is 6.18 Å². The van der Waals surface area contributed by atoms with Crippen LogP contribution in [0.1, 0.15) is 18.5 Å². The van der Waals surface area contributed by atoms with Gasteiger partial charge in [-0.05, 0) is 43.2 Å². The summed E-state index contributed by atoms with van der Waals surface area (Å²) in [7, 11) is 0. The van der Waals surface area contributed by atoms with Gasteiger partial charge in [-0.25, -0.2) is 15.0 Å². The Bertz CT molecular complexity index is 1370. The van der Waals surface area contributed by atoms with Crippen LogP contribution in [0.2, 0.25) is 10.0 Å². The molecule has 2 aromatic heterocycles. The van der Waals surface area contributed by atoms with Gasteiger partial charge in [0.15, 0.2) is 0 Å². The number of nitrogens with zero attached hydrogens (tertiary/aromatic N) is 5. The van der Waals surface area contributed by atoms with Crippen molar-refractivity contribution in [1.29, 1.82) is 0 Å². The van der Waals surface area contributed by atoms with Crippen molar-refractivity contribution in [3.05, 3.63) is 82.7 Å². The first-order chi connectivity index (χ1) is 17.8. The summed E-state index contributed by atoms with van der Waals surface area (Å²) < 4.78 is 39.1. The minimum atomic E-state index is -4.50. The van der Waals surface area contributed by atoms with Crippen molar-refractivity contribution in [3.63, 3.8) is 0 Å². The summed E-state index contributed by atoms with van der Waals surface area (Å²) in [5, 5.41) is 4.68. The third-order valence-electron chi connectivity index (χ3n) is 6.07. The Hall–Kier alpha value is -3.43. The number of alkyl halides is 3. The molecule has 0 spiro atoms. The van der Waals surface area contributed by atoms with Gasteiger partial charge in [0.25, 0.3) is 0 Å². The molecule has 0 amide bonds. The van der Waals surface area contributed by atoms with Crippen molar-refractivity contribution in [2.45, 2.75) is 25.1 Å². The first-order valence-electron chi connectivity index (χ1n) is 11.6. The minimum absolute atomic E-state index is 0.0656. The lowest BCUT2D eigenvalue weighted by atomic mass is 10.0. The molecule has 2 aromatic carbocycles. The van der Waals surface area contributed by atoms with Crippen LogP contribution in [0.15, 0.2) is 67.0 Å². The highest BCUT2D eigenvalue weighted by Crippen LogP contribution is 2.32. The van der Waals surface area contributed by atoms with Gasteiger partial charge in [0.2, 0.25) is 5.95 Å². The van der Waals surface area contributed by atoms with E-state index in [2.05, 4.69) is 15.3 Å². The first kappa shape index (κ1) is 25.2. The minimum Gasteiger partial charge on any atom is -0.366 e. The van der Waals surface area contributed by atoms with Gasteiger partial charge in [-0.1, -0.05) is 47.5 Å². The molecule has 1 N–H and O–H groups in total. The molecule has 0 radical (unpaired) electrons. The highest BCUT2D eigenvalue weighted by molar-refractivity contribution is 6.31. The fourth-order valence-corrected chi connectivity index (χ4v) is 4.43. The summed E-state index contributed by atoms with van der Waals surface area (Å²) in [4.78, 5) is 19.1. The SMILES string of the molecule is FC(F)(F)c1ccnc(N2CCC(Nc3cnc(-c4ccc(Cl)cc4)c(-c4ccc(Cl)cc4)n3)CC2)n1. The highest BCUT2D eigenvalue weighted by Gasteiger charge is 2.33. The average Bonchev–Trinajstić information content (AvgIpc) is 2.90.